The molecule has 4 heteroatoms. The molecule has 2 aromatic rings. The van der Waals surface area contributed by atoms with Crippen molar-refractivity contribution in [2.75, 3.05) is 20.8 Å². The van der Waals surface area contributed by atoms with E-state index in [0.717, 1.165) is 41.4 Å². The lowest BCUT2D eigenvalue weighted by Gasteiger charge is -2.13. The van der Waals surface area contributed by atoms with E-state index in [1.54, 1.807) is 20.5 Å². The third-order valence-electron chi connectivity index (χ3n) is 3.15. The molecule has 0 aliphatic carbocycles. The predicted molar refractivity (Wildman–Crippen MR) is 79.2 cm³/mol. The predicted octanol–water partition coefficient (Wildman–Crippen LogP) is 3.46. The van der Waals surface area contributed by atoms with Crippen LogP contribution in [0.15, 0.2) is 34.9 Å². The summed E-state index contributed by atoms with van der Waals surface area (Å²) in [7, 11) is 3.32. The maximum atomic E-state index is 5.59. The summed E-state index contributed by atoms with van der Waals surface area (Å²) in [5.74, 6) is 2.45. The molecule has 0 saturated heterocycles. The molecule has 4 nitrogen and oxygen atoms in total. The summed E-state index contributed by atoms with van der Waals surface area (Å²) in [5, 5.41) is 3.35. The number of methoxy groups -OCH3 is 2. The molecule has 0 aliphatic rings. The lowest BCUT2D eigenvalue weighted by Crippen LogP contribution is -2.13. The van der Waals surface area contributed by atoms with E-state index in [-0.39, 0.29) is 0 Å². The van der Waals surface area contributed by atoms with Crippen molar-refractivity contribution in [2.24, 2.45) is 0 Å². The van der Waals surface area contributed by atoms with Crippen molar-refractivity contribution >= 4 is 0 Å². The van der Waals surface area contributed by atoms with Gasteiger partial charge in [0.1, 0.15) is 17.3 Å². The number of ether oxygens (including phenoxy) is 2. The quantitative estimate of drug-likeness (QED) is 0.786. The fraction of sp³-hybridized carbons (Fsp3) is 0.375. The summed E-state index contributed by atoms with van der Waals surface area (Å²) >= 11 is 0. The Labute approximate surface area is 119 Å². The Balaban J connectivity index is 2.38. The van der Waals surface area contributed by atoms with Crippen molar-refractivity contribution in [1.29, 1.82) is 0 Å². The minimum absolute atomic E-state index is 0.692. The first-order valence-corrected chi connectivity index (χ1v) is 6.80. The third kappa shape index (κ3) is 2.96. The molecule has 0 fully saturated rings. The third-order valence-corrected chi connectivity index (χ3v) is 3.15. The number of benzene rings is 1. The van der Waals surface area contributed by atoms with Gasteiger partial charge in [0.25, 0.3) is 0 Å². The SMILES string of the molecule is CCCNCc1occc1-c1c(OC)cccc1OC. The molecule has 1 heterocycles. The van der Waals surface area contributed by atoms with Crippen LogP contribution < -0.4 is 14.8 Å². The van der Waals surface area contributed by atoms with E-state index >= 15 is 0 Å². The summed E-state index contributed by atoms with van der Waals surface area (Å²) < 4.78 is 16.5. The molecule has 0 spiro atoms. The average molecular weight is 275 g/mol. The second kappa shape index (κ2) is 7.01. The van der Waals surface area contributed by atoms with Crippen molar-refractivity contribution in [3.63, 3.8) is 0 Å². The number of hydrogen-bond acceptors (Lipinski definition) is 4. The van der Waals surface area contributed by atoms with E-state index in [4.69, 9.17) is 13.9 Å². The van der Waals surface area contributed by atoms with Crippen molar-refractivity contribution in [3.8, 4) is 22.6 Å². The molecule has 1 aromatic heterocycles. The Morgan fingerprint density at radius 3 is 2.40 bits per heavy atom. The Hall–Kier alpha value is -1.94. The number of nitrogens with one attached hydrogen (secondary N) is 1. The summed E-state index contributed by atoms with van der Waals surface area (Å²) in [6.45, 7) is 3.79. The Morgan fingerprint density at radius 2 is 1.80 bits per heavy atom. The minimum Gasteiger partial charge on any atom is -0.496 e. The van der Waals surface area contributed by atoms with E-state index in [0.29, 0.717) is 6.54 Å². The highest BCUT2D eigenvalue weighted by Gasteiger charge is 2.17. The highest BCUT2D eigenvalue weighted by atomic mass is 16.5. The van der Waals surface area contributed by atoms with Gasteiger partial charge >= 0.3 is 0 Å². The van der Waals surface area contributed by atoms with Crippen LogP contribution in [0.4, 0.5) is 0 Å². The van der Waals surface area contributed by atoms with Gasteiger partial charge in [-0.15, -0.1) is 0 Å². The van der Waals surface area contributed by atoms with Crippen LogP contribution in [-0.4, -0.2) is 20.8 Å². The maximum Gasteiger partial charge on any atom is 0.130 e. The molecule has 20 heavy (non-hydrogen) atoms. The Bertz CT molecular complexity index is 526. The first kappa shape index (κ1) is 14.5. The molecule has 0 unspecified atom stereocenters. The first-order chi connectivity index (χ1) is 9.81. The smallest absolute Gasteiger partial charge is 0.130 e. The number of rotatable bonds is 7. The largest absolute Gasteiger partial charge is 0.496 e. The highest BCUT2D eigenvalue weighted by molar-refractivity contribution is 5.78. The van der Waals surface area contributed by atoms with Gasteiger partial charge in [0, 0.05) is 5.56 Å². The van der Waals surface area contributed by atoms with Gasteiger partial charge in [0.05, 0.1) is 32.6 Å². The molecule has 0 amide bonds. The fourth-order valence-electron chi connectivity index (χ4n) is 2.20. The van der Waals surface area contributed by atoms with Crippen LogP contribution in [0.2, 0.25) is 0 Å². The van der Waals surface area contributed by atoms with Gasteiger partial charge in [-0.1, -0.05) is 13.0 Å². The summed E-state index contributed by atoms with van der Waals surface area (Å²) in [6, 6.07) is 7.71. The molecule has 1 aromatic carbocycles. The molecule has 0 aliphatic heterocycles. The normalized spacial score (nSPS) is 10.6. The van der Waals surface area contributed by atoms with Gasteiger partial charge in [-0.2, -0.15) is 0 Å². The molecular formula is C16H21NO3. The van der Waals surface area contributed by atoms with Gasteiger partial charge in [0.2, 0.25) is 0 Å². The molecule has 1 N–H and O–H groups in total. The van der Waals surface area contributed by atoms with Crippen LogP contribution in [0.3, 0.4) is 0 Å². The standard InChI is InChI=1S/C16H21NO3/c1-4-9-17-11-15-12(8-10-20-15)16-13(18-2)6-5-7-14(16)19-3/h5-8,10,17H,4,9,11H2,1-3H3. The highest BCUT2D eigenvalue weighted by Crippen LogP contribution is 2.40. The number of furan rings is 1. The fourth-order valence-corrected chi connectivity index (χ4v) is 2.20. The number of hydrogen-bond donors (Lipinski definition) is 1. The van der Waals surface area contributed by atoms with Gasteiger partial charge in [-0.05, 0) is 31.2 Å². The van der Waals surface area contributed by atoms with Gasteiger partial charge in [-0.3, -0.25) is 0 Å². The molecular weight excluding hydrogens is 254 g/mol. The van der Waals surface area contributed by atoms with E-state index in [1.165, 1.54) is 0 Å². The lowest BCUT2D eigenvalue weighted by molar-refractivity contribution is 0.397. The van der Waals surface area contributed by atoms with Gasteiger partial charge in [-0.25, -0.2) is 0 Å². The van der Waals surface area contributed by atoms with E-state index < -0.39 is 0 Å². The average Bonchev–Trinajstić information content (AvgIpc) is 2.94. The Kier molecular flexibility index (Phi) is 5.07. The van der Waals surface area contributed by atoms with Crippen LogP contribution >= 0.6 is 0 Å². The van der Waals surface area contributed by atoms with Gasteiger partial charge < -0.3 is 19.2 Å². The Morgan fingerprint density at radius 1 is 1.10 bits per heavy atom. The van der Waals surface area contributed by atoms with E-state index in [9.17, 15) is 0 Å². The van der Waals surface area contributed by atoms with Crippen molar-refractivity contribution < 1.29 is 13.9 Å². The van der Waals surface area contributed by atoms with Crippen LogP contribution in [-0.2, 0) is 6.54 Å². The van der Waals surface area contributed by atoms with Crippen LogP contribution in [0.1, 0.15) is 19.1 Å². The zero-order chi connectivity index (χ0) is 14.4. The molecule has 0 saturated carbocycles. The molecule has 0 atom stereocenters. The van der Waals surface area contributed by atoms with Crippen LogP contribution in [0.5, 0.6) is 11.5 Å². The zero-order valence-electron chi connectivity index (χ0n) is 12.2. The van der Waals surface area contributed by atoms with Crippen LogP contribution in [0, 0.1) is 0 Å². The second-order valence-corrected chi connectivity index (χ2v) is 4.47. The van der Waals surface area contributed by atoms with Gasteiger partial charge in [0.15, 0.2) is 0 Å². The zero-order valence-corrected chi connectivity index (χ0v) is 12.2. The minimum atomic E-state index is 0.692. The summed E-state index contributed by atoms with van der Waals surface area (Å²) in [4.78, 5) is 0. The second-order valence-electron chi connectivity index (χ2n) is 4.47. The van der Waals surface area contributed by atoms with E-state index in [1.807, 2.05) is 24.3 Å². The topological polar surface area (TPSA) is 43.6 Å². The van der Waals surface area contributed by atoms with Crippen LogP contribution in [0.25, 0.3) is 11.1 Å². The first-order valence-electron chi connectivity index (χ1n) is 6.80. The van der Waals surface area contributed by atoms with Crippen molar-refractivity contribution in [1.82, 2.24) is 5.32 Å². The summed E-state index contributed by atoms with van der Waals surface area (Å²) in [5.41, 5.74) is 1.93. The van der Waals surface area contributed by atoms with E-state index in [2.05, 4.69) is 12.2 Å². The van der Waals surface area contributed by atoms with Crippen molar-refractivity contribution in [3.05, 3.63) is 36.3 Å². The summed E-state index contributed by atoms with van der Waals surface area (Å²) in [6.07, 6.45) is 2.79. The van der Waals surface area contributed by atoms with Crippen molar-refractivity contribution in [2.45, 2.75) is 19.9 Å². The molecule has 108 valence electrons. The monoisotopic (exact) mass is 275 g/mol. The molecule has 0 bridgehead atoms. The molecule has 2 rings (SSSR count). The lowest BCUT2D eigenvalue weighted by atomic mass is 10.0. The maximum absolute atomic E-state index is 5.59. The molecule has 0 radical (unpaired) electrons.